The number of hydrogen-bond donors (Lipinski definition) is 2. The number of carbonyl (C=O) groups is 1. The highest BCUT2D eigenvalue weighted by Gasteiger charge is 2.24. The molecule has 0 saturated carbocycles. The van der Waals surface area contributed by atoms with Gasteiger partial charge in [0.05, 0.1) is 0 Å². The number of fused-ring (bicyclic) bond motifs is 1. The third kappa shape index (κ3) is 3.93. The van der Waals surface area contributed by atoms with Crippen molar-refractivity contribution in [1.82, 2.24) is 10.3 Å². The molecule has 2 aromatic carbocycles. The van der Waals surface area contributed by atoms with Gasteiger partial charge in [-0.3, -0.25) is 4.79 Å². The first-order valence-corrected chi connectivity index (χ1v) is 8.87. The van der Waals surface area contributed by atoms with E-state index in [0.717, 1.165) is 35.4 Å². The molecule has 0 radical (unpaired) electrons. The molecule has 136 valence electrons. The van der Waals surface area contributed by atoms with Gasteiger partial charge in [-0.25, -0.2) is 8.78 Å². The van der Waals surface area contributed by atoms with Crippen LogP contribution in [0.3, 0.4) is 0 Å². The molecule has 2 N–H and O–H groups in total. The fourth-order valence-electron chi connectivity index (χ4n) is 3.22. The van der Waals surface area contributed by atoms with Gasteiger partial charge in [-0.2, -0.15) is 0 Å². The van der Waals surface area contributed by atoms with Crippen LogP contribution in [-0.2, 0) is 4.79 Å². The van der Waals surface area contributed by atoms with Crippen molar-refractivity contribution in [3.63, 3.8) is 0 Å². The van der Waals surface area contributed by atoms with Crippen LogP contribution in [0.5, 0.6) is 0 Å². The first kappa shape index (κ1) is 18.1. The van der Waals surface area contributed by atoms with Crippen molar-refractivity contribution in [2.24, 2.45) is 0 Å². The summed E-state index contributed by atoms with van der Waals surface area (Å²) in [7, 11) is 0. The Balaban J connectivity index is 1.97. The minimum atomic E-state index is -0.637. The number of rotatable bonds is 7. The zero-order valence-electron chi connectivity index (χ0n) is 14.7. The zero-order chi connectivity index (χ0) is 18.5. The van der Waals surface area contributed by atoms with Gasteiger partial charge in [0.1, 0.15) is 11.6 Å². The Morgan fingerprint density at radius 3 is 2.73 bits per heavy atom. The largest absolute Gasteiger partial charge is 0.361 e. The molecule has 0 spiro atoms. The third-order valence-corrected chi connectivity index (χ3v) is 4.58. The molecule has 0 aliphatic heterocycles. The summed E-state index contributed by atoms with van der Waals surface area (Å²) in [5.41, 5.74) is 2.07. The fourth-order valence-corrected chi connectivity index (χ4v) is 3.22. The third-order valence-electron chi connectivity index (χ3n) is 4.58. The van der Waals surface area contributed by atoms with Gasteiger partial charge in [0.25, 0.3) is 0 Å². The molecule has 1 amide bonds. The van der Waals surface area contributed by atoms with E-state index >= 15 is 0 Å². The molecular formula is C21H22F2N2O. The summed E-state index contributed by atoms with van der Waals surface area (Å²) in [6.07, 6.45) is 3.79. The molecule has 0 fully saturated rings. The van der Waals surface area contributed by atoms with Gasteiger partial charge in [-0.15, -0.1) is 0 Å². The highest BCUT2D eigenvalue weighted by Crippen LogP contribution is 2.34. The first-order valence-electron chi connectivity index (χ1n) is 8.87. The number of H-pyrrole nitrogens is 1. The van der Waals surface area contributed by atoms with E-state index in [4.69, 9.17) is 0 Å². The maximum absolute atomic E-state index is 14.5. The van der Waals surface area contributed by atoms with Crippen molar-refractivity contribution in [2.75, 3.05) is 6.54 Å². The number of unbranched alkanes of at least 4 members (excludes halogenated alkanes) is 1. The SMILES string of the molecule is CCCCNC(=O)C[C@@H](c1ccc(F)cc1F)c1c[nH]c2ccccc12. The van der Waals surface area contributed by atoms with E-state index in [-0.39, 0.29) is 12.3 Å². The van der Waals surface area contributed by atoms with Gasteiger partial charge < -0.3 is 10.3 Å². The van der Waals surface area contributed by atoms with Crippen molar-refractivity contribution >= 4 is 16.8 Å². The van der Waals surface area contributed by atoms with Crippen molar-refractivity contribution in [3.05, 3.63) is 71.4 Å². The topological polar surface area (TPSA) is 44.9 Å². The lowest BCUT2D eigenvalue weighted by Crippen LogP contribution is -2.26. The second-order valence-electron chi connectivity index (χ2n) is 6.42. The molecule has 0 saturated heterocycles. The lowest BCUT2D eigenvalue weighted by molar-refractivity contribution is -0.121. The van der Waals surface area contributed by atoms with E-state index in [9.17, 15) is 13.6 Å². The quantitative estimate of drug-likeness (QED) is 0.582. The van der Waals surface area contributed by atoms with Gasteiger partial charge in [0.15, 0.2) is 0 Å². The van der Waals surface area contributed by atoms with Crippen LogP contribution in [0.2, 0.25) is 0 Å². The predicted octanol–water partition coefficient (Wildman–Crippen LogP) is 4.88. The monoisotopic (exact) mass is 356 g/mol. The first-order chi connectivity index (χ1) is 12.6. The smallest absolute Gasteiger partial charge is 0.220 e. The van der Waals surface area contributed by atoms with Crippen LogP contribution in [0.25, 0.3) is 10.9 Å². The van der Waals surface area contributed by atoms with Gasteiger partial charge in [-0.1, -0.05) is 37.6 Å². The minimum absolute atomic E-state index is 0.105. The average Bonchev–Trinajstić information content (AvgIpc) is 3.04. The molecule has 1 atom stereocenters. The number of para-hydroxylation sites is 1. The molecule has 3 aromatic rings. The van der Waals surface area contributed by atoms with Crippen molar-refractivity contribution in [1.29, 1.82) is 0 Å². The second kappa shape index (κ2) is 8.13. The van der Waals surface area contributed by atoms with Gasteiger partial charge in [0.2, 0.25) is 5.91 Å². The molecule has 3 nitrogen and oxygen atoms in total. The highest BCUT2D eigenvalue weighted by molar-refractivity contribution is 5.86. The summed E-state index contributed by atoms with van der Waals surface area (Å²) >= 11 is 0. The molecule has 0 aliphatic rings. The van der Waals surface area contributed by atoms with Crippen molar-refractivity contribution in [3.8, 4) is 0 Å². The molecular weight excluding hydrogens is 334 g/mol. The molecule has 0 bridgehead atoms. The van der Waals surface area contributed by atoms with E-state index in [0.29, 0.717) is 12.1 Å². The Hall–Kier alpha value is -2.69. The Morgan fingerprint density at radius 2 is 1.96 bits per heavy atom. The fraction of sp³-hybridized carbons (Fsp3) is 0.286. The highest BCUT2D eigenvalue weighted by atomic mass is 19.1. The molecule has 0 unspecified atom stereocenters. The number of benzene rings is 2. The van der Waals surface area contributed by atoms with E-state index in [1.165, 1.54) is 12.1 Å². The van der Waals surface area contributed by atoms with Crippen LogP contribution in [0, 0.1) is 11.6 Å². The Kier molecular flexibility index (Phi) is 5.66. The van der Waals surface area contributed by atoms with Crippen LogP contribution in [-0.4, -0.2) is 17.4 Å². The van der Waals surface area contributed by atoms with Crippen LogP contribution >= 0.6 is 0 Å². The van der Waals surface area contributed by atoms with Crippen LogP contribution < -0.4 is 5.32 Å². The Bertz CT molecular complexity index is 904. The summed E-state index contributed by atoms with van der Waals surface area (Å²) in [6, 6.07) is 11.2. The van der Waals surface area contributed by atoms with E-state index < -0.39 is 17.6 Å². The minimum Gasteiger partial charge on any atom is -0.361 e. The van der Waals surface area contributed by atoms with Gasteiger partial charge >= 0.3 is 0 Å². The van der Waals surface area contributed by atoms with E-state index in [1.54, 1.807) is 6.20 Å². The molecule has 1 heterocycles. The normalized spacial score (nSPS) is 12.3. The molecule has 1 aromatic heterocycles. The lowest BCUT2D eigenvalue weighted by atomic mass is 9.87. The van der Waals surface area contributed by atoms with Gasteiger partial charge in [-0.05, 0) is 29.7 Å². The summed E-state index contributed by atoms with van der Waals surface area (Å²) < 4.78 is 27.8. The molecule has 26 heavy (non-hydrogen) atoms. The summed E-state index contributed by atoms with van der Waals surface area (Å²) in [4.78, 5) is 15.6. The number of carbonyl (C=O) groups excluding carboxylic acids is 1. The standard InChI is InChI=1S/C21H22F2N2O/c1-2-3-10-24-21(26)12-17(15-9-8-14(22)11-19(15)23)18-13-25-20-7-5-4-6-16(18)20/h4-9,11,13,17,25H,2-3,10,12H2,1H3,(H,24,26)/t17-/m0/s1. The summed E-state index contributed by atoms with van der Waals surface area (Å²) in [5.74, 6) is -1.90. The summed E-state index contributed by atoms with van der Waals surface area (Å²) in [6.45, 7) is 2.65. The van der Waals surface area contributed by atoms with Crippen LogP contribution in [0.4, 0.5) is 8.78 Å². The predicted molar refractivity (Wildman–Crippen MR) is 99.0 cm³/mol. The number of aromatic nitrogens is 1. The number of amides is 1. The Labute approximate surface area is 151 Å². The number of halogens is 2. The lowest BCUT2D eigenvalue weighted by Gasteiger charge is -2.18. The summed E-state index contributed by atoms with van der Waals surface area (Å²) in [5, 5.41) is 3.81. The molecule has 0 aliphatic carbocycles. The number of aromatic amines is 1. The van der Waals surface area contributed by atoms with Gasteiger partial charge in [0, 0.05) is 42.0 Å². The zero-order valence-corrected chi connectivity index (χ0v) is 14.7. The number of nitrogens with one attached hydrogen (secondary N) is 2. The maximum atomic E-state index is 14.5. The molecule has 3 rings (SSSR count). The van der Waals surface area contributed by atoms with Crippen LogP contribution in [0.15, 0.2) is 48.7 Å². The van der Waals surface area contributed by atoms with Crippen LogP contribution in [0.1, 0.15) is 43.2 Å². The van der Waals surface area contributed by atoms with Crippen molar-refractivity contribution in [2.45, 2.75) is 32.1 Å². The maximum Gasteiger partial charge on any atom is 0.220 e. The number of hydrogen-bond acceptors (Lipinski definition) is 1. The van der Waals surface area contributed by atoms with E-state index in [2.05, 4.69) is 17.2 Å². The van der Waals surface area contributed by atoms with E-state index in [1.807, 2.05) is 24.3 Å². The average molecular weight is 356 g/mol. The molecule has 5 heteroatoms. The second-order valence-corrected chi connectivity index (χ2v) is 6.42. The Morgan fingerprint density at radius 1 is 1.15 bits per heavy atom. The van der Waals surface area contributed by atoms with Crippen molar-refractivity contribution < 1.29 is 13.6 Å².